The first-order valence-corrected chi connectivity index (χ1v) is 11.5. The second-order valence-corrected chi connectivity index (χ2v) is 8.53. The molecule has 3 aromatic rings. The fraction of sp³-hybridized carbons (Fsp3) is 0.346. The van der Waals surface area contributed by atoms with Crippen molar-refractivity contribution in [3.05, 3.63) is 83.4 Å². The second-order valence-electron chi connectivity index (χ2n) is 8.10. The van der Waals surface area contributed by atoms with Crippen molar-refractivity contribution in [2.45, 2.75) is 44.8 Å². The van der Waals surface area contributed by atoms with Crippen LogP contribution in [0.25, 0.3) is 11.1 Å². The van der Waals surface area contributed by atoms with Gasteiger partial charge in [-0.3, -0.25) is 4.79 Å². The summed E-state index contributed by atoms with van der Waals surface area (Å²) >= 11 is 5.96. The van der Waals surface area contributed by atoms with Crippen molar-refractivity contribution in [3.8, 4) is 11.1 Å². The summed E-state index contributed by atoms with van der Waals surface area (Å²) in [5, 5.41) is 0.715. The maximum Gasteiger partial charge on any atom is 0.223 e. The van der Waals surface area contributed by atoms with E-state index < -0.39 is 0 Å². The van der Waals surface area contributed by atoms with Gasteiger partial charge in [0.1, 0.15) is 6.33 Å². The number of carbonyl (C=O) groups is 1. The summed E-state index contributed by atoms with van der Waals surface area (Å²) in [7, 11) is 0. The predicted octanol–water partition coefficient (Wildman–Crippen LogP) is 5.50. The number of rotatable bonds is 7. The molecule has 0 aliphatic carbocycles. The largest absolute Gasteiger partial charge is 0.373 e. The Balaban J connectivity index is 1.42. The van der Waals surface area contributed by atoms with Gasteiger partial charge in [-0.2, -0.15) is 0 Å². The van der Waals surface area contributed by atoms with Crippen LogP contribution in [0.3, 0.4) is 0 Å². The Kier molecular flexibility index (Phi) is 7.51. The second kappa shape index (κ2) is 10.7. The molecule has 1 amide bonds. The van der Waals surface area contributed by atoms with Crippen molar-refractivity contribution in [3.63, 3.8) is 0 Å². The smallest absolute Gasteiger partial charge is 0.223 e. The number of nitrogens with zero attached hydrogens (tertiary/aromatic N) is 3. The molecule has 6 heteroatoms. The van der Waals surface area contributed by atoms with Crippen LogP contribution < -0.4 is 0 Å². The highest BCUT2D eigenvalue weighted by molar-refractivity contribution is 6.30. The van der Waals surface area contributed by atoms with Crippen LogP contribution in [-0.2, 0) is 16.0 Å². The van der Waals surface area contributed by atoms with Crippen molar-refractivity contribution in [1.29, 1.82) is 0 Å². The minimum absolute atomic E-state index is 0.0311. The van der Waals surface area contributed by atoms with E-state index in [0.29, 0.717) is 24.6 Å². The molecular weight excluding hydrogens is 422 g/mol. The molecule has 2 aromatic carbocycles. The van der Waals surface area contributed by atoms with E-state index in [2.05, 4.69) is 35.1 Å². The number of aryl methyl sites for hydroxylation is 1. The summed E-state index contributed by atoms with van der Waals surface area (Å²) in [5.41, 5.74) is 4.31. The molecule has 166 valence electrons. The van der Waals surface area contributed by atoms with Gasteiger partial charge in [-0.1, -0.05) is 41.9 Å². The molecule has 4 rings (SSSR count). The van der Waals surface area contributed by atoms with Gasteiger partial charge in [0.05, 0.1) is 6.10 Å². The van der Waals surface area contributed by atoms with Gasteiger partial charge in [-0.05, 0) is 61.1 Å². The quantitative estimate of drug-likeness (QED) is 0.478. The van der Waals surface area contributed by atoms with E-state index in [9.17, 15) is 4.79 Å². The van der Waals surface area contributed by atoms with Crippen molar-refractivity contribution in [2.75, 3.05) is 13.2 Å². The lowest BCUT2D eigenvalue weighted by Gasteiger charge is -2.37. The van der Waals surface area contributed by atoms with Crippen molar-refractivity contribution >= 4 is 17.5 Å². The van der Waals surface area contributed by atoms with Crippen molar-refractivity contribution in [2.24, 2.45) is 0 Å². The first-order chi connectivity index (χ1) is 15.6. The van der Waals surface area contributed by atoms with E-state index in [1.165, 1.54) is 6.33 Å². The Morgan fingerprint density at radius 3 is 2.66 bits per heavy atom. The third-order valence-electron chi connectivity index (χ3n) is 6.05. The third kappa shape index (κ3) is 5.53. The fourth-order valence-electron chi connectivity index (χ4n) is 4.35. The zero-order valence-electron chi connectivity index (χ0n) is 18.3. The zero-order chi connectivity index (χ0) is 22.3. The van der Waals surface area contributed by atoms with Crippen LogP contribution in [-0.4, -0.2) is 40.0 Å². The molecule has 1 aromatic heterocycles. The lowest BCUT2D eigenvalue weighted by atomic mass is 9.94. The van der Waals surface area contributed by atoms with E-state index in [4.69, 9.17) is 16.3 Å². The Morgan fingerprint density at radius 1 is 1.12 bits per heavy atom. The molecule has 2 heterocycles. The van der Waals surface area contributed by atoms with Crippen LogP contribution in [0.4, 0.5) is 0 Å². The lowest BCUT2D eigenvalue weighted by molar-refractivity contribution is -0.136. The normalized spacial score (nSPS) is 18.3. The molecule has 2 atom stereocenters. The molecule has 0 unspecified atom stereocenters. The van der Waals surface area contributed by atoms with Crippen LogP contribution in [0.2, 0.25) is 5.02 Å². The molecule has 32 heavy (non-hydrogen) atoms. The molecule has 0 spiro atoms. The maximum atomic E-state index is 13.0. The van der Waals surface area contributed by atoms with E-state index in [-0.39, 0.29) is 18.1 Å². The highest BCUT2D eigenvalue weighted by Crippen LogP contribution is 2.33. The molecule has 0 bridgehead atoms. The molecule has 0 saturated carbocycles. The summed E-state index contributed by atoms with van der Waals surface area (Å²) < 4.78 is 6.12. The molecule has 1 aliphatic heterocycles. The van der Waals surface area contributed by atoms with Crippen LogP contribution in [0.1, 0.15) is 43.4 Å². The first kappa shape index (κ1) is 22.4. The Morgan fingerprint density at radius 2 is 1.91 bits per heavy atom. The Labute approximate surface area is 194 Å². The molecule has 1 fully saturated rings. The van der Waals surface area contributed by atoms with Crippen molar-refractivity contribution < 1.29 is 9.53 Å². The van der Waals surface area contributed by atoms with Gasteiger partial charge < -0.3 is 9.64 Å². The SMILES string of the molecule is CCN(C(=O)CCc1ccc(Cl)cc1)[C@H]1CCO[C@@H](c2cccc(-c3cncnc3)c2)C1. The van der Waals surface area contributed by atoms with E-state index >= 15 is 0 Å². The third-order valence-corrected chi connectivity index (χ3v) is 6.30. The number of amides is 1. The number of hydrogen-bond acceptors (Lipinski definition) is 4. The molecule has 0 radical (unpaired) electrons. The van der Waals surface area contributed by atoms with Crippen LogP contribution in [0, 0.1) is 0 Å². The maximum absolute atomic E-state index is 13.0. The molecule has 1 aliphatic rings. The summed E-state index contributed by atoms with van der Waals surface area (Å²) in [5.74, 6) is 0.197. The minimum Gasteiger partial charge on any atom is -0.373 e. The summed E-state index contributed by atoms with van der Waals surface area (Å²) in [6.07, 6.45) is 8.02. The number of carbonyl (C=O) groups excluding carboxylic acids is 1. The Hall–Kier alpha value is -2.76. The van der Waals surface area contributed by atoms with E-state index in [1.807, 2.05) is 47.6 Å². The van der Waals surface area contributed by atoms with Crippen LogP contribution >= 0.6 is 11.6 Å². The molecule has 1 saturated heterocycles. The molecular formula is C26H28ClN3O2. The van der Waals surface area contributed by atoms with Crippen molar-refractivity contribution in [1.82, 2.24) is 14.9 Å². The number of halogens is 1. The topological polar surface area (TPSA) is 55.3 Å². The van der Waals surface area contributed by atoms with Gasteiger partial charge in [0.15, 0.2) is 0 Å². The predicted molar refractivity (Wildman–Crippen MR) is 126 cm³/mol. The van der Waals surface area contributed by atoms with Gasteiger partial charge >= 0.3 is 0 Å². The van der Waals surface area contributed by atoms with Gasteiger partial charge in [0, 0.05) is 48.6 Å². The number of hydrogen-bond donors (Lipinski definition) is 0. The highest BCUT2D eigenvalue weighted by Gasteiger charge is 2.30. The Bertz CT molecular complexity index is 1030. The van der Waals surface area contributed by atoms with Gasteiger partial charge in [-0.25, -0.2) is 9.97 Å². The minimum atomic E-state index is -0.0311. The number of benzene rings is 2. The van der Waals surface area contributed by atoms with E-state index in [1.54, 1.807) is 0 Å². The first-order valence-electron chi connectivity index (χ1n) is 11.1. The summed E-state index contributed by atoms with van der Waals surface area (Å²) in [6, 6.07) is 16.2. The van der Waals surface area contributed by atoms with E-state index in [0.717, 1.165) is 41.5 Å². The lowest BCUT2D eigenvalue weighted by Crippen LogP contribution is -2.44. The van der Waals surface area contributed by atoms with Crippen LogP contribution in [0.15, 0.2) is 67.3 Å². The van der Waals surface area contributed by atoms with Gasteiger partial charge in [0.25, 0.3) is 0 Å². The van der Waals surface area contributed by atoms with Gasteiger partial charge in [0.2, 0.25) is 5.91 Å². The van der Waals surface area contributed by atoms with Crippen LogP contribution in [0.5, 0.6) is 0 Å². The standard InChI is InChI=1S/C26H28ClN3O2/c1-2-30(26(31)11-8-19-6-9-23(27)10-7-19)24-12-13-32-25(15-24)21-5-3-4-20(14-21)22-16-28-18-29-17-22/h3-7,9-10,14,16-18,24-25H,2,8,11-13,15H2,1H3/t24-,25+/m0/s1. The number of aromatic nitrogens is 2. The average Bonchev–Trinajstić information content (AvgIpc) is 2.85. The number of ether oxygens (including phenoxy) is 1. The highest BCUT2D eigenvalue weighted by atomic mass is 35.5. The fourth-order valence-corrected chi connectivity index (χ4v) is 4.47. The average molecular weight is 450 g/mol. The summed E-state index contributed by atoms with van der Waals surface area (Å²) in [6.45, 7) is 3.41. The molecule has 0 N–H and O–H groups in total. The van der Waals surface area contributed by atoms with Gasteiger partial charge in [-0.15, -0.1) is 0 Å². The zero-order valence-corrected chi connectivity index (χ0v) is 19.0. The molecule has 5 nitrogen and oxygen atoms in total. The monoisotopic (exact) mass is 449 g/mol. The summed E-state index contributed by atoms with van der Waals surface area (Å²) in [4.78, 5) is 23.3.